The number of fused-ring (bicyclic) bond motifs is 5. The van der Waals surface area contributed by atoms with Crippen molar-refractivity contribution < 1.29 is 8.91 Å². The fourth-order valence-corrected chi connectivity index (χ4v) is 5.17. The summed E-state index contributed by atoms with van der Waals surface area (Å²) in [6.07, 6.45) is 4.13. The predicted molar refractivity (Wildman–Crippen MR) is 76.9 cm³/mol. The highest BCUT2D eigenvalue weighted by Crippen LogP contribution is 2.73. The van der Waals surface area contributed by atoms with Gasteiger partial charge in [0.2, 0.25) is 5.88 Å². The minimum Gasteiger partial charge on any atom is -0.367 e. The summed E-state index contributed by atoms with van der Waals surface area (Å²) in [5.74, 6) is 3.80. The molecule has 3 fully saturated rings. The SMILES string of the molecule is Nc1onc(C2C3C4CCC(C4)C23)c1-c1cccc(F)c1. The molecule has 0 saturated heterocycles. The van der Waals surface area contributed by atoms with E-state index in [0.29, 0.717) is 11.8 Å². The minimum atomic E-state index is -0.255. The van der Waals surface area contributed by atoms with Crippen molar-refractivity contribution in [2.24, 2.45) is 23.7 Å². The summed E-state index contributed by atoms with van der Waals surface area (Å²) in [6.45, 7) is 0. The van der Waals surface area contributed by atoms with Crippen LogP contribution in [0.3, 0.4) is 0 Å². The van der Waals surface area contributed by atoms with E-state index >= 15 is 0 Å². The summed E-state index contributed by atoms with van der Waals surface area (Å²) >= 11 is 0. The Morgan fingerprint density at radius 1 is 1.19 bits per heavy atom. The maximum Gasteiger partial charge on any atom is 0.230 e. The number of anilines is 1. The average molecular weight is 284 g/mol. The van der Waals surface area contributed by atoms with Crippen LogP contribution in [0.1, 0.15) is 30.9 Å². The molecule has 3 saturated carbocycles. The van der Waals surface area contributed by atoms with Gasteiger partial charge in [0.15, 0.2) is 0 Å². The third kappa shape index (κ3) is 1.50. The van der Waals surface area contributed by atoms with Crippen LogP contribution in [0.15, 0.2) is 28.8 Å². The predicted octanol–water partition coefficient (Wildman–Crippen LogP) is 3.82. The van der Waals surface area contributed by atoms with Crippen molar-refractivity contribution in [1.29, 1.82) is 0 Å². The lowest BCUT2D eigenvalue weighted by molar-refractivity contribution is 0.417. The summed E-state index contributed by atoms with van der Waals surface area (Å²) in [6, 6.07) is 6.54. The molecule has 3 aliphatic rings. The zero-order valence-corrected chi connectivity index (χ0v) is 11.6. The zero-order chi connectivity index (χ0) is 14.1. The largest absolute Gasteiger partial charge is 0.367 e. The topological polar surface area (TPSA) is 52.0 Å². The molecule has 0 amide bonds. The lowest BCUT2D eigenvalue weighted by atomic mass is 9.96. The van der Waals surface area contributed by atoms with Crippen LogP contribution in [0.4, 0.5) is 10.3 Å². The Morgan fingerprint density at radius 2 is 1.95 bits per heavy atom. The summed E-state index contributed by atoms with van der Waals surface area (Å²) < 4.78 is 18.8. The Morgan fingerprint density at radius 3 is 2.67 bits per heavy atom. The molecule has 2 aromatic rings. The smallest absolute Gasteiger partial charge is 0.230 e. The molecule has 4 atom stereocenters. The van der Waals surface area contributed by atoms with E-state index in [4.69, 9.17) is 10.3 Å². The molecule has 2 bridgehead atoms. The fraction of sp³-hybridized carbons (Fsp3) is 0.471. The van der Waals surface area contributed by atoms with Crippen molar-refractivity contribution in [1.82, 2.24) is 5.16 Å². The van der Waals surface area contributed by atoms with Crippen molar-refractivity contribution in [3.05, 3.63) is 35.8 Å². The molecule has 1 aromatic carbocycles. The van der Waals surface area contributed by atoms with Crippen LogP contribution in [-0.4, -0.2) is 5.16 Å². The van der Waals surface area contributed by atoms with Gasteiger partial charge in [0.25, 0.3) is 0 Å². The minimum absolute atomic E-state index is 0.255. The molecular formula is C17H17FN2O. The molecule has 5 rings (SSSR count). The second-order valence-corrected chi connectivity index (χ2v) is 6.83. The van der Waals surface area contributed by atoms with Gasteiger partial charge in [-0.25, -0.2) is 4.39 Å². The van der Waals surface area contributed by atoms with Crippen molar-refractivity contribution in [2.75, 3.05) is 5.73 Å². The number of aromatic nitrogens is 1. The second-order valence-electron chi connectivity index (χ2n) is 6.83. The number of nitrogens with two attached hydrogens (primary N) is 1. The van der Waals surface area contributed by atoms with E-state index in [0.717, 1.165) is 40.5 Å². The number of hydrogen-bond donors (Lipinski definition) is 1. The molecule has 1 aromatic heterocycles. The maximum absolute atomic E-state index is 13.5. The number of rotatable bonds is 2. The first-order chi connectivity index (χ1) is 10.2. The second kappa shape index (κ2) is 3.87. The van der Waals surface area contributed by atoms with Crippen molar-refractivity contribution in [3.8, 4) is 11.1 Å². The van der Waals surface area contributed by atoms with E-state index in [9.17, 15) is 4.39 Å². The van der Waals surface area contributed by atoms with E-state index < -0.39 is 0 Å². The van der Waals surface area contributed by atoms with Gasteiger partial charge in [-0.3, -0.25) is 0 Å². The van der Waals surface area contributed by atoms with E-state index in [-0.39, 0.29) is 5.82 Å². The number of halogens is 1. The Kier molecular flexibility index (Phi) is 2.17. The summed E-state index contributed by atoms with van der Waals surface area (Å²) in [5, 5.41) is 4.24. The number of hydrogen-bond acceptors (Lipinski definition) is 3. The quantitative estimate of drug-likeness (QED) is 0.912. The standard InChI is InChI=1S/C17H17FN2O/c18-11-3-1-2-8(7-11)14-16(20-21-17(14)19)15-12-9-4-5-10(6-9)13(12)15/h1-3,7,9-10,12-13,15H,4-6,19H2. The molecule has 3 aliphatic carbocycles. The normalized spacial score (nSPS) is 36.0. The molecule has 0 spiro atoms. The summed E-state index contributed by atoms with van der Waals surface area (Å²) in [7, 11) is 0. The van der Waals surface area contributed by atoms with E-state index in [2.05, 4.69) is 5.16 Å². The van der Waals surface area contributed by atoms with Crippen molar-refractivity contribution in [2.45, 2.75) is 25.2 Å². The van der Waals surface area contributed by atoms with E-state index in [1.54, 1.807) is 6.07 Å². The maximum atomic E-state index is 13.5. The molecule has 108 valence electrons. The summed E-state index contributed by atoms with van der Waals surface area (Å²) in [5.41, 5.74) is 8.53. The van der Waals surface area contributed by atoms with Gasteiger partial charge >= 0.3 is 0 Å². The van der Waals surface area contributed by atoms with Crippen LogP contribution >= 0.6 is 0 Å². The van der Waals surface area contributed by atoms with Gasteiger partial charge in [0.05, 0.1) is 11.3 Å². The Labute approximate surface area is 122 Å². The fourth-order valence-electron chi connectivity index (χ4n) is 5.17. The highest BCUT2D eigenvalue weighted by Gasteiger charge is 2.66. The van der Waals surface area contributed by atoms with Crippen LogP contribution in [-0.2, 0) is 0 Å². The van der Waals surface area contributed by atoms with Crippen LogP contribution in [0, 0.1) is 29.5 Å². The van der Waals surface area contributed by atoms with Crippen molar-refractivity contribution >= 4 is 5.88 Å². The van der Waals surface area contributed by atoms with Crippen LogP contribution in [0.2, 0.25) is 0 Å². The molecule has 2 N–H and O–H groups in total. The van der Waals surface area contributed by atoms with Gasteiger partial charge < -0.3 is 10.3 Å². The molecule has 21 heavy (non-hydrogen) atoms. The first-order valence-corrected chi connectivity index (χ1v) is 7.75. The zero-order valence-electron chi connectivity index (χ0n) is 11.6. The average Bonchev–Trinajstić information content (AvgIpc) is 2.80. The van der Waals surface area contributed by atoms with Gasteiger partial charge in [-0.1, -0.05) is 17.3 Å². The molecule has 0 aliphatic heterocycles. The van der Waals surface area contributed by atoms with Gasteiger partial charge in [-0.05, 0) is 60.6 Å². The molecule has 3 nitrogen and oxygen atoms in total. The highest BCUT2D eigenvalue weighted by atomic mass is 19.1. The van der Waals surface area contributed by atoms with Gasteiger partial charge in [0.1, 0.15) is 5.82 Å². The third-order valence-electron chi connectivity index (χ3n) is 5.91. The molecule has 4 unspecified atom stereocenters. The van der Waals surface area contributed by atoms with Crippen LogP contribution < -0.4 is 5.73 Å². The molecule has 0 radical (unpaired) electrons. The van der Waals surface area contributed by atoms with Crippen molar-refractivity contribution in [3.63, 3.8) is 0 Å². The Bertz CT molecular complexity index is 709. The molecular weight excluding hydrogens is 267 g/mol. The Balaban J connectivity index is 1.58. The van der Waals surface area contributed by atoms with Gasteiger partial charge in [0, 0.05) is 5.92 Å². The number of nitrogens with zero attached hydrogens (tertiary/aromatic N) is 1. The first-order valence-electron chi connectivity index (χ1n) is 7.75. The molecule has 4 heteroatoms. The monoisotopic (exact) mass is 284 g/mol. The number of nitrogen functional groups attached to an aromatic ring is 1. The first kappa shape index (κ1) is 11.8. The molecule has 1 heterocycles. The third-order valence-corrected chi connectivity index (χ3v) is 5.91. The number of benzene rings is 1. The lowest BCUT2D eigenvalue weighted by Gasteiger charge is -2.08. The van der Waals surface area contributed by atoms with Gasteiger partial charge in [-0.2, -0.15) is 0 Å². The summed E-state index contributed by atoms with van der Waals surface area (Å²) in [4.78, 5) is 0. The highest BCUT2D eigenvalue weighted by molar-refractivity contribution is 5.76. The van der Waals surface area contributed by atoms with Gasteiger partial charge in [-0.15, -0.1) is 0 Å². The van der Waals surface area contributed by atoms with Crippen LogP contribution in [0.5, 0.6) is 0 Å². The van der Waals surface area contributed by atoms with Crippen LogP contribution in [0.25, 0.3) is 11.1 Å². The lowest BCUT2D eigenvalue weighted by Crippen LogP contribution is -1.99. The Hall–Kier alpha value is -1.84. The van der Waals surface area contributed by atoms with E-state index in [1.807, 2.05) is 6.07 Å². The van der Waals surface area contributed by atoms with E-state index in [1.165, 1.54) is 31.4 Å².